The van der Waals surface area contributed by atoms with Crippen LogP contribution in [0.5, 0.6) is 0 Å². The molecule has 2 aromatic rings. The zero-order chi connectivity index (χ0) is 19.8. The quantitative estimate of drug-likeness (QED) is 0.816. The molecule has 0 unspecified atom stereocenters. The van der Waals surface area contributed by atoms with Crippen molar-refractivity contribution in [2.75, 3.05) is 7.11 Å². The van der Waals surface area contributed by atoms with Crippen molar-refractivity contribution in [1.29, 1.82) is 0 Å². The minimum Gasteiger partial charge on any atom is -0.469 e. The number of Topliss-reactive ketones (excluding diaryl/α,β-unsaturated/α-hetero) is 1. The molecule has 2 aliphatic rings. The number of halogens is 1. The molecule has 2 atom stereocenters. The predicted molar refractivity (Wildman–Crippen MR) is 99.7 cm³/mol. The summed E-state index contributed by atoms with van der Waals surface area (Å²) < 4.78 is 25.1. The Kier molecular flexibility index (Phi) is 4.63. The van der Waals surface area contributed by atoms with E-state index in [9.17, 15) is 14.0 Å². The molecular formula is C22H20FNO4. The molecular weight excluding hydrogens is 361 g/mol. The fourth-order valence-electron chi connectivity index (χ4n) is 4.16. The number of allylic oxidation sites excluding steroid dienone is 3. The number of methoxy groups -OCH3 is 1. The number of nitrogens with one attached hydrogen (secondary N) is 1. The summed E-state index contributed by atoms with van der Waals surface area (Å²) in [5.74, 6) is -1.32. The van der Waals surface area contributed by atoms with Gasteiger partial charge in [-0.3, -0.25) is 4.79 Å². The largest absolute Gasteiger partial charge is 0.469 e. The fourth-order valence-corrected chi connectivity index (χ4v) is 4.16. The van der Waals surface area contributed by atoms with Crippen molar-refractivity contribution in [3.05, 3.63) is 82.3 Å². The third-order valence-corrected chi connectivity index (χ3v) is 5.39. The summed E-state index contributed by atoms with van der Waals surface area (Å²) in [5.41, 5.74) is 2.25. The molecule has 0 amide bonds. The van der Waals surface area contributed by atoms with Crippen molar-refractivity contribution < 1.29 is 23.1 Å². The first-order valence-electron chi connectivity index (χ1n) is 9.11. The maximum Gasteiger partial charge on any atom is 0.336 e. The van der Waals surface area contributed by atoms with Crippen LogP contribution in [0.15, 0.2) is 69.6 Å². The van der Waals surface area contributed by atoms with E-state index in [2.05, 4.69) is 5.32 Å². The SMILES string of the molecule is COC(=O)C1=C(C)NC2=C(C(=O)C[C@H](c3ccco3)C2)[C@@H]1c1ccccc1F. The number of hydrogen-bond donors (Lipinski definition) is 1. The number of rotatable bonds is 3. The molecule has 0 saturated heterocycles. The third-order valence-electron chi connectivity index (χ3n) is 5.39. The molecule has 6 heteroatoms. The van der Waals surface area contributed by atoms with Gasteiger partial charge in [0.1, 0.15) is 11.6 Å². The van der Waals surface area contributed by atoms with Crippen LogP contribution >= 0.6 is 0 Å². The van der Waals surface area contributed by atoms with Gasteiger partial charge in [0.05, 0.1) is 24.9 Å². The summed E-state index contributed by atoms with van der Waals surface area (Å²) >= 11 is 0. The Bertz CT molecular complexity index is 1000. The van der Waals surface area contributed by atoms with E-state index < -0.39 is 17.7 Å². The van der Waals surface area contributed by atoms with E-state index in [1.54, 1.807) is 37.5 Å². The Morgan fingerprint density at radius 2 is 2.00 bits per heavy atom. The number of esters is 1. The lowest BCUT2D eigenvalue weighted by molar-refractivity contribution is -0.136. The first-order valence-corrected chi connectivity index (χ1v) is 9.11. The van der Waals surface area contributed by atoms with E-state index in [1.165, 1.54) is 13.2 Å². The first-order chi connectivity index (χ1) is 13.5. The number of furan rings is 1. The molecule has 1 aliphatic heterocycles. The van der Waals surface area contributed by atoms with Gasteiger partial charge in [0, 0.05) is 34.9 Å². The molecule has 0 bridgehead atoms. The summed E-state index contributed by atoms with van der Waals surface area (Å²) in [6.45, 7) is 1.74. The van der Waals surface area contributed by atoms with E-state index in [0.717, 1.165) is 5.76 Å². The Morgan fingerprint density at radius 1 is 1.21 bits per heavy atom. The van der Waals surface area contributed by atoms with Gasteiger partial charge in [-0.2, -0.15) is 0 Å². The molecule has 0 fully saturated rings. The van der Waals surface area contributed by atoms with Crippen LogP contribution in [0, 0.1) is 5.82 Å². The minimum atomic E-state index is -0.796. The van der Waals surface area contributed by atoms with Gasteiger partial charge in [-0.25, -0.2) is 9.18 Å². The molecule has 0 saturated carbocycles. The lowest BCUT2D eigenvalue weighted by Gasteiger charge is -2.36. The average Bonchev–Trinajstić information content (AvgIpc) is 3.21. The first kappa shape index (κ1) is 18.2. The van der Waals surface area contributed by atoms with Crippen molar-refractivity contribution in [2.24, 2.45) is 0 Å². The summed E-state index contributed by atoms with van der Waals surface area (Å²) in [7, 11) is 1.28. The van der Waals surface area contributed by atoms with Crippen molar-refractivity contribution in [3.63, 3.8) is 0 Å². The van der Waals surface area contributed by atoms with Crippen LogP contribution in [0.2, 0.25) is 0 Å². The molecule has 1 aromatic carbocycles. The highest BCUT2D eigenvalue weighted by atomic mass is 19.1. The topological polar surface area (TPSA) is 68.5 Å². The Labute approximate surface area is 161 Å². The summed E-state index contributed by atoms with van der Waals surface area (Å²) in [6.07, 6.45) is 2.37. The van der Waals surface area contributed by atoms with Crippen molar-refractivity contribution in [2.45, 2.75) is 31.6 Å². The summed E-state index contributed by atoms with van der Waals surface area (Å²) in [5, 5.41) is 3.20. The highest BCUT2D eigenvalue weighted by Gasteiger charge is 2.42. The van der Waals surface area contributed by atoms with Gasteiger partial charge < -0.3 is 14.5 Å². The third kappa shape index (κ3) is 2.95. The van der Waals surface area contributed by atoms with Gasteiger partial charge >= 0.3 is 5.97 Å². The molecule has 4 rings (SSSR count). The number of dihydropyridines is 1. The smallest absolute Gasteiger partial charge is 0.336 e. The minimum absolute atomic E-state index is 0.0949. The second kappa shape index (κ2) is 7.11. The maximum absolute atomic E-state index is 14.7. The van der Waals surface area contributed by atoms with E-state index in [0.29, 0.717) is 29.0 Å². The van der Waals surface area contributed by atoms with Crippen LogP contribution in [0.3, 0.4) is 0 Å². The molecule has 1 aliphatic carbocycles. The van der Waals surface area contributed by atoms with Gasteiger partial charge in [-0.15, -0.1) is 0 Å². The number of carbonyl (C=O) groups is 2. The van der Waals surface area contributed by atoms with Crippen LogP contribution in [0.1, 0.15) is 42.9 Å². The number of ketones is 1. The summed E-state index contributed by atoms with van der Waals surface area (Å²) in [6, 6.07) is 9.87. The molecule has 1 N–H and O–H groups in total. The van der Waals surface area contributed by atoms with Gasteiger partial charge in [-0.05, 0) is 31.5 Å². The monoisotopic (exact) mass is 381 g/mol. The van der Waals surface area contributed by atoms with E-state index in [-0.39, 0.29) is 23.7 Å². The number of benzene rings is 1. The van der Waals surface area contributed by atoms with Crippen molar-refractivity contribution in [1.82, 2.24) is 5.32 Å². The van der Waals surface area contributed by atoms with Gasteiger partial charge in [-0.1, -0.05) is 18.2 Å². The van der Waals surface area contributed by atoms with Crippen LogP contribution < -0.4 is 5.32 Å². The van der Waals surface area contributed by atoms with Gasteiger partial charge in [0.2, 0.25) is 0 Å². The fraction of sp³-hybridized carbons (Fsp3) is 0.273. The number of hydrogen-bond acceptors (Lipinski definition) is 5. The predicted octanol–water partition coefficient (Wildman–Crippen LogP) is 3.95. The van der Waals surface area contributed by atoms with Gasteiger partial charge in [0.25, 0.3) is 0 Å². The molecule has 2 heterocycles. The van der Waals surface area contributed by atoms with E-state index in [4.69, 9.17) is 9.15 Å². The van der Waals surface area contributed by atoms with E-state index >= 15 is 0 Å². The Hall–Kier alpha value is -3.15. The Balaban J connectivity index is 1.85. The van der Waals surface area contributed by atoms with Crippen LogP contribution in [-0.2, 0) is 14.3 Å². The zero-order valence-corrected chi connectivity index (χ0v) is 15.6. The normalized spacial score (nSPS) is 22.0. The lowest BCUT2D eigenvalue weighted by atomic mass is 9.72. The average molecular weight is 381 g/mol. The van der Waals surface area contributed by atoms with Crippen LogP contribution in [-0.4, -0.2) is 18.9 Å². The highest BCUT2D eigenvalue weighted by molar-refractivity contribution is 6.04. The standard InChI is InChI=1S/C22H20FNO4/c1-12-19(22(26)27-2)20(14-6-3-4-7-15(14)23)21-16(24-12)10-13(11-17(21)25)18-8-5-9-28-18/h3-9,13,20,24H,10-11H2,1-2H3/t13-,20-/m1/s1. The molecule has 28 heavy (non-hydrogen) atoms. The Morgan fingerprint density at radius 3 is 2.68 bits per heavy atom. The van der Waals surface area contributed by atoms with Gasteiger partial charge in [0.15, 0.2) is 5.78 Å². The maximum atomic E-state index is 14.7. The summed E-state index contributed by atoms with van der Waals surface area (Å²) in [4.78, 5) is 25.7. The lowest BCUT2D eigenvalue weighted by Crippen LogP contribution is -2.36. The van der Waals surface area contributed by atoms with Crippen LogP contribution in [0.4, 0.5) is 4.39 Å². The van der Waals surface area contributed by atoms with Crippen molar-refractivity contribution in [3.8, 4) is 0 Å². The molecule has 0 radical (unpaired) electrons. The molecule has 144 valence electrons. The number of carbonyl (C=O) groups excluding carboxylic acids is 2. The number of ether oxygens (including phenoxy) is 1. The zero-order valence-electron chi connectivity index (χ0n) is 15.6. The highest BCUT2D eigenvalue weighted by Crippen LogP contribution is 2.46. The second-order valence-electron chi connectivity index (χ2n) is 7.05. The second-order valence-corrected chi connectivity index (χ2v) is 7.05. The van der Waals surface area contributed by atoms with E-state index in [1.807, 2.05) is 6.07 Å². The van der Waals surface area contributed by atoms with Crippen molar-refractivity contribution >= 4 is 11.8 Å². The molecule has 0 spiro atoms. The van der Waals surface area contributed by atoms with Crippen LogP contribution in [0.25, 0.3) is 0 Å². The molecule has 5 nitrogen and oxygen atoms in total. The molecule has 1 aromatic heterocycles.